The summed E-state index contributed by atoms with van der Waals surface area (Å²) in [7, 11) is 0. The summed E-state index contributed by atoms with van der Waals surface area (Å²) in [6.07, 6.45) is -0.685. The topological polar surface area (TPSA) is 204 Å². The second kappa shape index (κ2) is 26.6. The van der Waals surface area contributed by atoms with E-state index in [2.05, 4.69) is 52.8 Å². The second-order valence-corrected chi connectivity index (χ2v) is 21.1. The number of hydrogen-bond acceptors (Lipinski definition) is 11. The SMILES string of the molecule is N#Cc1nc(C2CCC(C(=O)CCCNC(=O)c3cn(-c4ccccc4)nc3C(F)(F)F)CC2)oc1-c1ccccc1.O=C(NCCCC(=O)C1CCC(c2nc(Br)c(-c3ccccc3)o2)CC1)c1cn(-c2ccccc2)nc1C(F)(F)F. The van der Waals surface area contributed by atoms with Gasteiger partial charge in [0.25, 0.3) is 11.8 Å². The molecular weight excluding hydrogens is 1150 g/mol. The number of halogens is 7. The van der Waals surface area contributed by atoms with E-state index in [0.29, 0.717) is 90.6 Å². The summed E-state index contributed by atoms with van der Waals surface area (Å²) >= 11 is 3.49. The minimum atomic E-state index is -4.80. The van der Waals surface area contributed by atoms with Gasteiger partial charge in [0.05, 0.1) is 22.5 Å². The molecule has 2 aliphatic carbocycles. The van der Waals surface area contributed by atoms with Crippen LogP contribution >= 0.6 is 15.9 Å². The molecule has 8 aromatic rings. The summed E-state index contributed by atoms with van der Waals surface area (Å²) in [5.74, 6) is 0.616. The predicted octanol–water partition coefficient (Wildman–Crippen LogP) is 13.8. The maximum Gasteiger partial charge on any atom is 0.435 e. The molecule has 4 aromatic heterocycles. The van der Waals surface area contributed by atoms with Gasteiger partial charge in [-0.05, 0) is 104 Å². The number of rotatable bonds is 18. The van der Waals surface area contributed by atoms with Crippen molar-refractivity contribution >= 4 is 39.3 Å². The van der Waals surface area contributed by atoms with Crippen LogP contribution in [0.25, 0.3) is 34.0 Å². The molecule has 0 unspecified atom stereocenters. The first kappa shape index (κ1) is 59.2. The Labute approximate surface area is 481 Å². The summed E-state index contributed by atoms with van der Waals surface area (Å²) in [6, 6.07) is 37.6. The number of para-hydroxylation sites is 2. The molecule has 22 heteroatoms. The minimum Gasteiger partial charge on any atom is -0.439 e. The fraction of sp³-hybridized carbons (Fsp3) is 0.328. The third kappa shape index (κ3) is 14.8. The number of amides is 2. The summed E-state index contributed by atoms with van der Waals surface area (Å²) in [6.45, 7) is 0.142. The number of nitrogens with zero attached hydrogens (tertiary/aromatic N) is 7. The zero-order valence-corrected chi connectivity index (χ0v) is 46.2. The van der Waals surface area contributed by atoms with Gasteiger partial charge in [-0.1, -0.05) is 97.1 Å². The smallest absolute Gasteiger partial charge is 0.435 e. The standard InChI is InChI=1S/C31H28F3N5O3.C30H28BrF3N4O3/c32-31(33,34)28-24(19-39(38-28)23-10-5-2-6-11-23)29(41)36-17-7-12-26(40)20-13-15-22(16-14-20)30-37-25(18-35)27(42-30)21-8-3-1-4-9-21;31-27-25(20-8-3-1-4-9-20)41-29(36-27)21-15-13-19(14-16-21)24(39)12-7-17-35-28(40)23-18-38(22-10-5-2-6-11-22)37-26(23)30(32,33)34/h1-6,8-11,19-20,22H,7,12-17H2,(H,36,41);1-6,8-11,18-19,21H,7,12-17H2,(H,35,40). The molecule has 0 saturated heterocycles. The Morgan fingerprint density at radius 2 is 0.928 bits per heavy atom. The predicted molar refractivity (Wildman–Crippen MR) is 296 cm³/mol. The minimum absolute atomic E-state index is 0.0116. The Morgan fingerprint density at radius 3 is 1.33 bits per heavy atom. The number of nitrogens with one attached hydrogen (secondary N) is 2. The average molecular weight is 1210 g/mol. The highest BCUT2D eigenvalue weighted by Gasteiger charge is 2.41. The molecular formula is C61H56BrF6N9O6. The number of hydrogen-bond donors (Lipinski definition) is 2. The molecule has 0 spiro atoms. The number of aromatic nitrogens is 6. The van der Waals surface area contributed by atoms with Gasteiger partial charge in [0.2, 0.25) is 0 Å². The van der Waals surface area contributed by atoms with E-state index in [-0.39, 0.29) is 66.9 Å². The van der Waals surface area contributed by atoms with Crippen molar-refractivity contribution in [1.29, 1.82) is 5.26 Å². The van der Waals surface area contributed by atoms with Gasteiger partial charge in [0.15, 0.2) is 45.0 Å². The van der Waals surface area contributed by atoms with Gasteiger partial charge < -0.3 is 19.5 Å². The lowest BCUT2D eigenvalue weighted by molar-refractivity contribution is -0.142. The van der Waals surface area contributed by atoms with Crippen LogP contribution in [0.2, 0.25) is 0 Å². The molecule has 2 saturated carbocycles. The van der Waals surface area contributed by atoms with Crippen LogP contribution in [0.3, 0.4) is 0 Å². The second-order valence-electron chi connectivity index (χ2n) is 20.3. The van der Waals surface area contributed by atoms with E-state index in [1.54, 1.807) is 60.7 Å². The zero-order chi connectivity index (χ0) is 58.7. The number of ketones is 2. The van der Waals surface area contributed by atoms with Gasteiger partial charge >= 0.3 is 12.4 Å². The number of benzene rings is 4. The van der Waals surface area contributed by atoms with Crippen LogP contribution in [0, 0.1) is 23.2 Å². The average Bonchev–Trinajstić information content (AvgIpc) is 3.46. The first-order chi connectivity index (χ1) is 39.9. The molecule has 10 rings (SSSR count). The molecule has 430 valence electrons. The van der Waals surface area contributed by atoms with Gasteiger partial charge in [-0.3, -0.25) is 19.2 Å². The summed E-state index contributed by atoms with van der Waals surface area (Å²) in [5.41, 5.74) is -0.876. The third-order valence-corrected chi connectivity index (χ3v) is 15.3. The fourth-order valence-electron chi connectivity index (χ4n) is 10.4. The van der Waals surface area contributed by atoms with Gasteiger partial charge in [-0.2, -0.15) is 41.8 Å². The summed E-state index contributed by atoms with van der Waals surface area (Å²) < 4.78 is 96.2. The van der Waals surface area contributed by atoms with Crippen LogP contribution in [-0.4, -0.2) is 66.0 Å². The van der Waals surface area contributed by atoms with E-state index in [9.17, 15) is 50.8 Å². The van der Waals surface area contributed by atoms with Crippen LogP contribution in [0.1, 0.15) is 138 Å². The van der Waals surface area contributed by atoms with Gasteiger partial charge in [0, 0.05) is 73.1 Å². The first-order valence-corrected chi connectivity index (χ1v) is 28.0. The largest absolute Gasteiger partial charge is 0.439 e. The number of oxazole rings is 2. The molecule has 4 heterocycles. The van der Waals surface area contributed by atoms with E-state index in [1.807, 2.05) is 60.7 Å². The van der Waals surface area contributed by atoms with E-state index >= 15 is 0 Å². The number of alkyl halides is 6. The van der Waals surface area contributed by atoms with Crippen LogP contribution < -0.4 is 10.6 Å². The van der Waals surface area contributed by atoms with Gasteiger partial charge in [-0.15, -0.1) is 0 Å². The van der Waals surface area contributed by atoms with E-state index in [4.69, 9.17) is 8.83 Å². The van der Waals surface area contributed by atoms with Crippen LogP contribution in [0.4, 0.5) is 26.3 Å². The Hall–Kier alpha value is -8.45. The Balaban J connectivity index is 0.000000200. The molecule has 2 fully saturated rings. The van der Waals surface area contributed by atoms with Crippen molar-refractivity contribution in [3.8, 4) is 40.1 Å². The lowest BCUT2D eigenvalue weighted by atomic mass is 9.79. The van der Waals surface area contributed by atoms with Crippen LogP contribution in [0.5, 0.6) is 0 Å². The molecule has 83 heavy (non-hydrogen) atoms. The monoisotopic (exact) mass is 1200 g/mol. The Morgan fingerprint density at radius 1 is 0.554 bits per heavy atom. The highest BCUT2D eigenvalue weighted by atomic mass is 79.9. The van der Waals surface area contributed by atoms with Crippen molar-refractivity contribution in [3.63, 3.8) is 0 Å². The molecule has 0 bridgehead atoms. The summed E-state index contributed by atoms with van der Waals surface area (Å²) in [5, 5.41) is 21.7. The number of carbonyl (C=O) groups excluding carboxylic acids is 4. The van der Waals surface area contributed by atoms with Crippen LogP contribution in [-0.2, 0) is 21.9 Å². The first-order valence-electron chi connectivity index (χ1n) is 27.2. The van der Waals surface area contributed by atoms with E-state index in [1.165, 1.54) is 0 Å². The maximum absolute atomic E-state index is 13.6. The third-order valence-electron chi connectivity index (χ3n) is 14.8. The normalized spacial score (nSPS) is 17.2. The maximum atomic E-state index is 13.6. The molecule has 2 aliphatic rings. The molecule has 4 aromatic carbocycles. The Bertz CT molecular complexity index is 3540. The van der Waals surface area contributed by atoms with E-state index in [0.717, 1.165) is 45.7 Å². The molecule has 0 radical (unpaired) electrons. The van der Waals surface area contributed by atoms with Crippen molar-refractivity contribution < 1.29 is 54.4 Å². The van der Waals surface area contributed by atoms with Crippen molar-refractivity contribution in [1.82, 2.24) is 40.2 Å². The molecule has 0 atom stereocenters. The lowest BCUT2D eigenvalue weighted by Gasteiger charge is -2.25. The van der Waals surface area contributed by atoms with Crippen LogP contribution in [0.15, 0.2) is 147 Å². The molecule has 15 nitrogen and oxygen atoms in total. The number of Topliss-reactive ketones (excluding diaryl/α,β-unsaturated/α-hetero) is 2. The Kier molecular flexibility index (Phi) is 19.0. The lowest BCUT2D eigenvalue weighted by Crippen LogP contribution is -2.27. The van der Waals surface area contributed by atoms with Crippen molar-refractivity contribution in [2.24, 2.45) is 11.8 Å². The fourth-order valence-corrected chi connectivity index (χ4v) is 10.9. The highest BCUT2D eigenvalue weighted by Crippen LogP contribution is 2.41. The quantitative estimate of drug-likeness (QED) is 0.0611. The van der Waals surface area contributed by atoms with E-state index < -0.39 is 46.7 Å². The van der Waals surface area contributed by atoms with Gasteiger partial charge in [0.1, 0.15) is 17.6 Å². The highest BCUT2D eigenvalue weighted by molar-refractivity contribution is 9.10. The summed E-state index contributed by atoms with van der Waals surface area (Å²) in [4.78, 5) is 59.9. The molecule has 0 aliphatic heterocycles. The number of nitriles is 1. The van der Waals surface area contributed by atoms with Gasteiger partial charge in [-0.25, -0.2) is 19.3 Å². The van der Waals surface area contributed by atoms with Crippen molar-refractivity contribution in [2.75, 3.05) is 13.1 Å². The van der Waals surface area contributed by atoms with Crippen molar-refractivity contribution in [2.45, 2.75) is 101 Å². The molecule has 2 amide bonds. The van der Waals surface area contributed by atoms with Crippen molar-refractivity contribution in [3.05, 3.63) is 178 Å². The number of carbonyl (C=O) groups is 4. The molecule has 2 N–H and O–H groups in total. The zero-order valence-electron chi connectivity index (χ0n) is 44.6.